The highest BCUT2D eigenvalue weighted by Gasteiger charge is 1.86. The van der Waals surface area contributed by atoms with Crippen molar-refractivity contribution < 1.29 is 34.0 Å². The van der Waals surface area contributed by atoms with Crippen LogP contribution < -0.4 is 0 Å². The summed E-state index contributed by atoms with van der Waals surface area (Å²) in [5, 5.41) is 16.5. The highest BCUT2D eigenvalue weighted by atomic mass is 31.1. The summed E-state index contributed by atoms with van der Waals surface area (Å²) in [7, 11) is -3.13. The van der Waals surface area contributed by atoms with E-state index in [0.29, 0.717) is 26.4 Å². The molecule has 0 atom stereocenters. The Balaban J connectivity index is 0. The topological polar surface area (TPSA) is 116 Å². The van der Waals surface area contributed by atoms with Crippen molar-refractivity contribution >= 4 is 8.25 Å². The lowest BCUT2D eigenvalue weighted by atomic mass is 10.7. The zero-order valence-electron chi connectivity index (χ0n) is 7.76. The summed E-state index contributed by atoms with van der Waals surface area (Å²) < 4.78 is 18.5. The maximum atomic E-state index is 8.74. The van der Waals surface area contributed by atoms with Crippen molar-refractivity contribution in [2.45, 2.75) is 0 Å². The fourth-order valence-electron chi connectivity index (χ4n) is 0.451. The Labute approximate surface area is 82.9 Å². The van der Waals surface area contributed by atoms with E-state index in [-0.39, 0.29) is 13.2 Å². The molecule has 88 valence electrons. The number of hydrogen-bond donors (Lipinski definition) is 4. The number of rotatable bonds is 7. The van der Waals surface area contributed by atoms with Gasteiger partial charge in [-0.25, -0.2) is 0 Å². The minimum atomic E-state index is -3.13. The summed E-state index contributed by atoms with van der Waals surface area (Å²) in [6.07, 6.45) is 0. The third-order valence-corrected chi connectivity index (χ3v) is 0.843. The maximum Gasteiger partial charge on any atom is 0.314 e. The Hall–Kier alpha value is -0.0100. The van der Waals surface area contributed by atoms with Crippen LogP contribution in [0.15, 0.2) is 0 Å². The zero-order valence-corrected chi connectivity index (χ0v) is 8.76. The molecule has 8 heteroatoms. The van der Waals surface area contributed by atoms with E-state index in [0.717, 1.165) is 0 Å². The fraction of sp³-hybridized carbons (Fsp3) is 1.00. The van der Waals surface area contributed by atoms with Gasteiger partial charge in [0.15, 0.2) is 0 Å². The molecule has 0 spiro atoms. The van der Waals surface area contributed by atoms with Gasteiger partial charge in [0.25, 0.3) is 0 Å². The molecular formula is C6H17O7P. The minimum absolute atomic E-state index is 0.0417. The van der Waals surface area contributed by atoms with Crippen molar-refractivity contribution in [2.24, 2.45) is 0 Å². The second-order valence-electron chi connectivity index (χ2n) is 1.95. The Kier molecular flexibility index (Phi) is 18.1. The quantitative estimate of drug-likeness (QED) is 0.307. The van der Waals surface area contributed by atoms with Crippen LogP contribution in [0.1, 0.15) is 0 Å². The fourth-order valence-corrected chi connectivity index (χ4v) is 0.451. The first-order valence-corrected chi connectivity index (χ1v) is 5.24. The molecule has 14 heavy (non-hydrogen) atoms. The van der Waals surface area contributed by atoms with Crippen LogP contribution in [-0.4, -0.2) is 59.6 Å². The summed E-state index contributed by atoms with van der Waals surface area (Å²) in [5.74, 6) is 0. The van der Waals surface area contributed by atoms with Crippen LogP contribution in [0.25, 0.3) is 0 Å². The molecule has 0 aliphatic heterocycles. The van der Waals surface area contributed by atoms with Gasteiger partial charge in [0.2, 0.25) is 0 Å². The number of aliphatic hydroxyl groups excluding tert-OH is 2. The van der Waals surface area contributed by atoms with E-state index < -0.39 is 8.25 Å². The molecule has 0 rings (SSSR count). The third kappa shape index (κ3) is 29.6. The average molecular weight is 232 g/mol. The van der Waals surface area contributed by atoms with E-state index in [1.54, 1.807) is 0 Å². The summed E-state index contributed by atoms with van der Waals surface area (Å²) in [6, 6.07) is 0. The molecule has 0 saturated carbocycles. The van der Waals surface area contributed by atoms with E-state index in [2.05, 4.69) is 0 Å². The molecule has 0 aliphatic carbocycles. The Morgan fingerprint density at radius 1 is 0.857 bits per heavy atom. The van der Waals surface area contributed by atoms with Crippen molar-refractivity contribution in [2.75, 3.05) is 39.6 Å². The molecule has 0 aromatic heterocycles. The first-order chi connectivity index (χ1) is 6.65. The van der Waals surface area contributed by atoms with Crippen molar-refractivity contribution in [3.63, 3.8) is 0 Å². The second-order valence-corrected chi connectivity index (χ2v) is 2.52. The van der Waals surface area contributed by atoms with Crippen LogP contribution in [0, 0.1) is 0 Å². The van der Waals surface area contributed by atoms with Crippen LogP contribution in [0.4, 0.5) is 0 Å². The van der Waals surface area contributed by atoms with Crippen molar-refractivity contribution in [3.8, 4) is 0 Å². The first kappa shape index (κ1) is 16.4. The van der Waals surface area contributed by atoms with Gasteiger partial charge in [-0.2, -0.15) is 0 Å². The average Bonchev–Trinajstić information content (AvgIpc) is 2.10. The molecule has 0 radical (unpaired) electrons. The summed E-state index contributed by atoms with van der Waals surface area (Å²) in [4.78, 5) is 14.3. The molecule has 7 nitrogen and oxygen atoms in total. The molecule has 4 N–H and O–H groups in total. The predicted molar refractivity (Wildman–Crippen MR) is 49.2 cm³/mol. The summed E-state index contributed by atoms with van der Waals surface area (Å²) in [5.41, 5.74) is 0. The molecule has 0 bridgehead atoms. The van der Waals surface area contributed by atoms with Crippen LogP contribution in [-0.2, 0) is 14.0 Å². The van der Waals surface area contributed by atoms with Gasteiger partial charge >= 0.3 is 8.25 Å². The molecule has 0 aromatic rings. The molecule has 0 fully saturated rings. The molecule has 0 unspecified atom stereocenters. The van der Waals surface area contributed by atoms with Gasteiger partial charge in [-0.05, 0) is 0 Å². The molecule has 0 saturated heterocycles. The zero-order chi connectivity index (χ0) is 11.2. The molecule has 0 amide bonds. The van der Waals surface area contributed by atoms with E-state index in [4.69, 9.17) is 34.0 Å². The minimum Gasteiger partial charge on any atom is -0.394 e. The number of aliphatic hydroxyl groups is 2. The number of hydrogen-bond acceptors (Lipinski definition) is 5. The van der Waals surface area contributed by atoms with Crippen LogP contribution in [0.5, 0.6) is 0 Å². The Morgan fingerprint density at radius 3 is 1.36 bits per heavy atom. The van der Waals surface area contributed by atoms with Gasteiger partial charge in [0, 0.05) is 0 Å². The van der Waals surface area contributed by atoms with Gasteiger partial charge in [0.05, 0.1) is 39.6 Å². The van der Waals surface area contributed by atoms with Crippen molar-refractivity contribution in [3.05, 3.63) is 0 Å². The van der Waals surface area contributed by atoms with E-state index >= 15 is 0 Å². The van der Waals surface area contributed by atoms with E-state index in [9.17, 15) is 0 Å². The normalized spacial score (nSPS) is 9.79. The van der Waals surface area contributed by atoms with Gasteiger partial charge in [0.1, 0.15) is 0 Å². The Bertz CT molecular complexity index is 109. The van der Waals surface area contributed by atoms with Crippen LogP contribution in [0.2, 0.25) is 0 Å². The molecule has 0 aromatic carbocycles. The predicted octanol–water partition coefficient (Wildman–Crippen LogP) is -1.64. The lowest BCUT2D eigenvalue weighted by Gasteiger charge is -2.01. The lowest BCUT2D eigenvalue weighted by molar-refractivity contribution is 0.0222. The SMILES string of the molecule is O=[PH](O)O.OCCOCCOCCO. The van der Waals surface area contributed by atoms with Gasteiger partial charge in [-0.15, -0.1) is 0 Å². The summed E-state index contributed by atoms with van der Waals surface area (Å²) >= 11 is 0. The molecule has 0 heterocycles. The second kappa shape index (κ2) is 15.5. The number of ether oxygens (including phenoxy) is 2. The smallest absolute Gasteiger partial charge is 0.314 e. The molecular weight excluding hydrogens is 215 g/mol. The highest BCUT2D eigenvalue weighted by Crippen LogP contribution is 1.98. The van der Waals surface area contributed by atoms with E-state index in [1.807, 2.05) is 0 Å². The van der Waals surface area contributed by atoms with E-state index in [1.165, 1.54) is 0 Å². The lowest BCUT2D eigenvalue weighted by Crippen LogP contribution is -2.09. The van der Waals surface area contributed by atoms with Gasteiger partial charge in [-0.1, -0.05) is 0 Å². The maximum absolute atomic E-state index is 8.74. The Morgan fingerprint density at radius 2 is 1.14 bits per heavy atom. The van der Waals surface area contributed by atoms with Crippen LogP contribution >= 0.6 is 8.25 Å². The van der Waals surface area contributed by atoms with Crippen LogP contribution in [0.3, 0.4) is 0 Å². The highest BCUT2D eigenvalue weighted by molar-refractivity contribution is 7.30. The third-order valence-electron chi connectivity index (χ3n) is 0.843. The standard InChI is InChI=1S/C6H14O4.H3O3P/c7-1-3-9-5-6-10-4-2-8;1-4(2)3/h7-8H,1-6H2;4H,(H2,1,2,3). The van der Waals surface area contributed by atoms with Gasteiger partial charge in [-0.3, -0.25) is 4.57 Å². The van der Waals surface area contributed by atoms with Crippen molar-refractivity contribution in [1.29, 1.82) is 0 Å². The monoisotopic (exact) mass is 232 g/mol. The molecule has 0 aliphatic rings. The summed E-state index contributed by atoms with van der Waals surface area (Å²) in [6.45, 7) is 1.73. The van der Waals surface area contributed by atoms with Gasteiger partial charge < -0.3 is 29.5 Å². The largest absolute Gasteiger partial charge is 0.394 e. The first-order valence-electron chi connectivity index (χ1n) is 3.94. The van der Waals surface area contributed by atoms with Crippen molar-refractivity contribution in [1.82, 2.24) is 0 Å².